The highest BCUT2D eigenvalue weighted by molar-refractivity contribution is 7.71. The van der Waals surface area contributed by atoms with Crippen molar-refractivity contribution in [2.75, 3.05) is 14.2 Å². The molecule has 2 aromatic carbocycles. The number of carbonyl (C=O) groups is 1. The van der Waals surface area contributed by atoms with Crippen molar-refractivity contribution in [1.82, 2.24) is 14.9 Å². The number of nitrogens with zero attached hydrogens (tertiary/aromatic N) is 3. The molecule has 0 atom stereocenters. The number of aromatic amines is 1. The van der Waals surface area contributed by atoms with Crippen molar-refractivity contribution in [3.8, 4) is 5.75 Å². The maximum absolute atomic E-state index is 11.5. The average molecular weight is 382 g/mol. The highest BCUT2D eigenvalue weighted by Gasteiger charge is 2.07. The fourth-order valence-electron chi connectivity index (χ4n) is 2.43. The molecule has 27 heavy (non-hydrogen) atoms. The molecular formula is C19H18N4O3S. The molecule has 1 heterocycles. The van der Waals surface area contributed by atoms with Crippen molar-refractivity contribution >= 4 is 24.4 Å². The zero-order chi connectivity index (χ0) is 19.2. The molecule has 7 nitrogen and oxygen atoms in total. The Labute approximate surface area is 161 Å². The first-order chi connectivity index (χ1) is 13.1. The summed E-state index contributed by atoms with van der Waals surface area (Å²) in [4.78, 5) is 11.5. The van der Waals surface area contributed by atoms with Gasteiger partial charge in [-0.1, -0.05) is 24.3 Å². The summed E-state index contributed by atoms with van der Waals surface area (Å²) in [6, 6.07) is 14.7. The van der Waals surface area contributed by atoms with E-state index in [1.54, 1.807) is 42.3 Å². The Bertz CT molecular complexity index is 1000. The Balaban J connectivity index is 1.78. The topological polar surface area (TPSA) is 81.5 Å². The lowest BCUT2D eigenvalue weighted by Gasteiger charge is -2.03. The minimum Gasteiger partial charge on any atom is -0.497 e. The second-order valence-electron chi connectivity index (χ2n) is 5.64. The molecule has 8 heteroatoms. The predicted octanol–water partition coefficient (Wildman–Crippen LogP) is 3.21. The number of ether oxygens (including phenoxy) is 2. The Morgan fingerprint density at radius 3 is 2.52 bits per heavy atom. The lowest BCUT2D eigenvalue weighted by Crippen LogP contribution is -2.02. The summed E-state index contributed by atoms with van der Waals surface area (Å²) < 4.78 is 11.8. The van der Waals surface area contributed by atoms with Crippen LogP contribution < -0.4 is 4.74 Å². The van der Waals surface area contributed by atoms with Gasteiger partial charge in [0.25, 0.3) is 0 Å². The molecule has 0 saturated heterocycles. The summed E-state index contributed by atoms with van der Waals surface area (Å²) >= 11 is 5.26. The lowest BCUT2D eigenvalue weighted by atomic mass is 10.1. The molecule has 0 bridgehead atoms. The molecule has 0 unspecified atom stereocenters. The standard InChI is InChI=1S/C19H18N4O3S/c1-25-16-9-5-13(6-10-16)11-17-21-22-19(27)23(17)20-12-14-3-7-15(8-4-14)18(24)26-2/h3-10,12H,11H2,1-2H3,(H,22,27)/b20-12-. The van der Waals surface area contributed by atoms with Crippen LogP contribution in [0.15, 0.2) is 53.6 Å². The van der Waals surface area contributed by atoms with E-state index < -0.39 is 0 Å². The first-order valence-corrected chi connectivity index (χ1v) is 8.53. The van der Waals surface area contributed by atoms with Crippen molar-refractivity contribution in [2.24, 2.45) is 5.10 Å². The molecule has 0 saturated carbocycles. The molecule has 3 rings (SSSR count). The van der Waals surface area contributed by atoms with E-state index >= 15 is 0 Å². The van der Waals surface area contributed by atoms with Gasteiger partial charge in [0.15, 0.2) is 5.82 Å². The Kier molecular flexibility index (Phi) is 5.77. The van der Waals surface area contributed by atoms with E-state index in [2.05, 4.69) is 20.0 Å². The normalized spacial score (nSPS) is 10.9. The molecule has 0 aliphatic carbocycles. The van der Waals surface area contributed by atoms with Crippen LogP contribution in [-0.2, 0) is 11.2 Å². The van der Waals surface area contributed by atoms with Crippen LogP contribution in [0, 0.1) is 4.77 Å². The van der Waals surface area contributed by atoms with Gasteiger partial charge in [0.2, 0.25) is 4.77 Å². The third kappa shape index (κ3) is 4.48. The number of hydrogen-bond acceptors (Lipinski definition) is 6. The highest BCUT2D eigenvalue weighted by atomic mass is 32.1. The minimum atomic E-state index is -0.377. The van der Waals surface area contributed by atoms with Gasteiger partial charge < -0.3 is 9.47 Å². The number of carbonyl (C=O) groups excluding carboxylic acids is 1. The van der Waals surface area contributed by atoms with Crippen LogP contribution in [0.2, 0.25) is 0 Å². The van der Waals surface area contributed by atoms with Crippen LogP contribution in [-0.4, -0.2) is 41.3 Å². The zero-order valence-corrected chi connectivity index (χ0v) is 15.7. The maximum atomic E-state index is 11.5. The fourth-order valence-corrected chi connectivity index (χ4v) is 2.63. The number of hydrogen-bond donors (Lipinski definition) is 1. The van der Waals surface area contributed by atoms with Gasteiger partial charge in [-0.05, 0) is 47.6 Å². The van der Waals surface area contributed by atoms with Crippen molar-refractivity contribution in [3.63, 3.8) is 0 Å². The molecule has 1 N–H and O–H groups in total. The van der Waals surface area contributed by atoms with Crippen LogP contribution in [0.4, 0.5) is 0 Å². The quantitative estimate of drug-likeness (QED) is 0.402. The molecule has 1 aromatic heterocycles. The summed E-state index contributed by atoms with van der Waals surface area (Å²) in [5.74, 6) is 1.11. The molecule has 0 aliphatic heterocycles. The Morgan fingerprint density at radius 2 is 1.89 bits per heavy atom. The van der Waals surface area contributed by atoms with Crippen molar-refractivity contribution in [3.05, 3.63) is 75.8 Å². The summed E-state index contributed by atoms with van der Waals surface area (Å²) in [6.45, 7) is 0. The average Bonchev–Trinajstić information content (AvgIpc) is 3.06. The van der Waals surface area contributed by atoms with Crippen molar-refractivity contribution in [2.45, 2.75) is 6.42 Å². The van der Waals surface area contributed by atoms with Gasteiger partial charge in [-0.25, -0.2) is 4.79 Å². The monoisotopic (exact) mass is 382 g/mol. The zero-order valence-electron chi connectivity index (χ0n) is 14.9. The summed E-state index contributed by atoms with van der Waals surface area (Å²) in [5.41, 5.74) is 2.36. The van der Waals surface area contributed by atoms with E-state index in [0.29, 0.717) is 22.6 Å². The van der Waals surface area contributed by atoms with Gasteiger partial charge in [-0.2, -0.15) is 14.9 Å². The summed E-state index contributed by atoms with van der Waals surface area (Å²) in [7, 11) is 2.98. The number of aromatic nitrogens is 3. The van der Waals surface area contributed by atoms with E-state index in [-0.39, 0.29) is 5.97 Å². The first kappa shape index (κ1) is 18.5. The van der Waals surface area contributed by atoms with Gasteiger partial charge in [0.05, 0.1) is 26.0 Å². The predicted molar refractivity (Wildman–Crippen MR) is 104 cm³/mol. The Hall–Kier alpha value is -3.26. The van der Waals surface area contributed by atoms with Crippen LogP contribution in [0.25, 0.3) is 0 Å². The van der Waals surface area contributed by atoms with Gasteiger partial charge in [-0.3, -0.25) is 5.10 Å². The largest absolute Gasteiger partial charge is 0.497 e. The van der Waals surface area contributed by atoms with Gasteiger partial charge in [0.1, 0.15) is 5.75 Å². The summed E-state index contributed by atoms with van der Waals surface area (Å²) in [5, 5.41) is 11.4. The third-order valence-corrected chi connectivity index (χ3v) is 4.16. The number of nitrogens with one attached hydrogen (secondary N) is 1. The van der Waals surface area contributed by atoms with Crippen LogP contribution >= 0.6 is 12.2 Å². The van der Waals surface area contributed by atoms with Gasteiger partial charge >= 0.3 is 5.97 Å². The van der Waals surface area contributed by atoms with Crippen molar-refractivity contribution in [1.29, 1.82) is 0 Å². The van der Waals surface area contributed by atoms with E-state index in [9.17, 15) is 4.79 Å². The third-order valence-electron chi connectivity index (χ3n) is 3.89. The van der Waals surface area contributed by atoms with Gasteiger partial charge in [-0.15, -0.1) is 0 Å². The number of H-pyrrole nitrogens is 1. The smallest absolute Gasteiger partial charge is 0.337 e. The lowest BCUT2D eigenvalue weighted by molar-refractivity contribution is 0.0600. The molecule has 3 aromatic rings. The number of esters is 1. The van der Waals surface area contributed by atoms with E-state index in [1.807, 2.05) is 24.3 Å². The second-order valence-corrected chi connectivity index (χ2v) is 6.03. The molecule has 0 amide bonds. The fraction of sp³-hybridized carbons (Fsp3) is 0.158. The minimum absolute atomic E-state index is 0.377. The van der Waals surface area contributed by atoms with Crippen molar-refractivity contribution < 1.29 is 14.3 Å². The maximum Gasteiger partial charge on any atom is 0.337 e. The van der Waals surface area contributed by atoms with Crippen LogP contribution in [0.3, 0.4) is 0 Å². The molecule has 138 valence electrons. The molecular weight excluding hydrogens is 364 g/mol. The molecule has 0 fully saturated rings. The van der Waals surface area contributed by atoms with E-state index in [0.717, 1.165) is 16.9 Å². The molecule has 0 aliphatic rings. The van der Waals surface area contributed by atoms with E-state index in [1.165, 1.54) is 7.11 Å². The number of methoxy groups -OCH3 is 2. The SMILES string of the molecule is COC(=O)c1ccc(/C=N\n2c(Cc3ccc(OC)cc3)n[nH]c2=S)cc1. The Morgan fingerprint density at radius 1 is 1.19 bits per heavy atom. The van der Waals surface area contributed by atoms with Crippen LogP contribution in [0.5, 0.6) is 5.75 Å². The second kappa shape index (κ2) is 8.41. The highest BCUT2D eigenvalue weighted by Crippen LogP contribution is 2.14. The summed E-state index contributed by atoms with van der Waals surface area (Å²) in [6.07, 6.45) is 2.22. The first-order valence-electron chi connectivity index (χ1n) is 8.12. The number of rotatable bonds is 6. The molecule has 0 spiro atoms. The van der Waals surface area contributed by atoms with Crippen LogP contribution in [0.1, 0.15) is 27.3 Å². The van der Waals surface area contributed by atoms with E-state index in [4.69, 9.17) is 17.0 Å². The van der Waals surface area contributed by atoms with Gasteiger partial charge in [0, 0.05) is 6.42 Å². The molecule has 0 radical (unpaired) electrons. The number of benzene rings is 2.